The maximum atomic E-state index is 13.3. The minimum absolute atomic E-state index is 0. The van der Waals surface area contributed by atoms with Crippen LogP contribution in [0.5, 0.6) is 5.75 Å². The zero-order valence-electron chi connectivity index (χ0n) is 16.9. The first-order chi connectivity index (χ1) is 12.8. The van der Waals surface area contributed by atoms with Gasteiger partial charge in [0, 0.05) is 33.3 Å². The molecule has 0 saturated heterocycles. The maximum Gasteiger partial charge on any atom is 0.213 e. The molecule has 0 aliphatic rings. The molecular weight excluding hydrogens is 498 g/mol. The highest BCUT2D eigenvalue weighted by Gasteiger charge is 2.14. The predicted octanol–water partition coefficient (Wildman–Crippen LogP) is 2.44. The molecule has 1 rings (SSSR count). The van der Waals surface area contributed by atoms with Crippen LogP contribution >= 0.6 is 24.0 Å². The second-order valence-electron chi connectivity index (χ2n) is 6.06. The van der Waals surface area contributed by atoms with Crippen molar-refractivity contribution in [3.05, 3.63) is 30.1 Å². The van der Waals surface area contributed by atoms with Gasteiger partial charge in [-0.2, -0.15) is 0 Å². The van der Waals surface area contributed by atoms with Gasteiger partial charge in [-0.15, -0.1) is 24.0 Å². The lowest BCUT2D eigenvalue weighted by atomic mass is 10.2. The van der Waals surface area contributed by atoms with Crippen LogP contribution in [-0.2, 0) is 10.0 Å². The third kappa shape index (κ3) is 9.87. The largest absolute Gasteiger partial charge is 0.489 e. The van der Waals surface area contributed by atoms with E-state index < -0.39 is 10.0 Å². The lowest BCUT2D eigenvalue weighted by molar-refractivity contribution is 0.199. The molecule has 10 heteroatoms. The van der Waals surface area contributed by atoms with Crippen LogP contribution in [0.3, 0.4) is 0 Å². The van der Waals surface area contributed by atoms with Gasteiger partial charge in [-0.05, 0) is 31.9 Å². The number of aliphatic imine (C=N–C) groups is 1. The number of nitrogens with zero attached hydrogens (tertiary/aromatic N) is 2. The topological polar surface area (TPSA) is 83.0 Å². The highest BCUT2D eigenvalue weighted by molar-refractivity contribution is 14.0. The second-order valence-corrected chi connectivity index (χ2v) is 8.43. The van der Waals surface area contributed by atoms with Gasteiger partial charge in [-0.25, -0.2) is 17.1 Å². The fraction of sp³-hybridized carbons (Fsp3) is 0.611. The van der Waals surface area contributed by atoms with Crippen molar-refractivity contribution >= 4 is 40.0 Å². The Labute approximate surface area is 185 Å². The normalized spacial score (nSPS) is 13.0. The van der Waals surface area contributed by atoms with E-state index in [-0.39, 0.29) is 41.7 Å². The van der Waals surface area contributed by atoms with Crippen LogP contribution in [0.4, 0.5) is 4.39 Å². The third-order valence-electron chi connectivity index (χ3n) is 4.06. The summed E-state index contributed by atoms with van der Waals surface area (Å²) in [4.78, 5) is 4.14. The molecule has 0 aliphatic carbocycles. The minimum atomic E-state index is -3.15. The van der Waals surface area contributed by atoms with E-state index in [1.165, 1.54) is 16.4 Å². The molecule has 0 heterocycles. The van der Waals surface area contributed by atoms with Gasteiger partial charge in [0.25, 0.3) is 0 Å². The van der Waals surface area contributed by atoms with E-state index in [1.54, 1.807) is 33.2 Å². The Morgan fingerprint density at radius 3 is 2.61 bits per heavy atom. The summed E-state index contributed by atoms with van der Waals surface area (Å²) < 4.78 is 43.8. The zero-order valence-corrected chi connectivity index (χ0v) is 20.1. The molecule has 0 bridgehead atoms. The molecular formula is C18H32FIN4O3S. The number of hydrogen-bond acceptors (Lipinski definition) is 4. The molecule has 0 radical (unpaired) electrons. The lowest BCUT2D eigenvalue weighted by Crippen LogP contribution is -2.43. The van der Waals surface area contributed by atoms with E-state index in [1.807, 2.05) is 6.92 Å². The maximum absolute atomic E-state index is 13.3. The molecule has 0 amide bonds. The van der Waals surface area contributed by atoms with E-state index >= 15 is 0 Å². The summed E-state index contributed by atoms with van der Waals surface area (Å²) in [5.41, 5.74) is 0. The van der Waals surface area contributed by atoms with Gasteiger partial charge < -0.3 is 15.4 Å². The monoisotopic (exact) mass is 530 g/mol. The molecule has 0 fully saturated rings. The van der Waals surface area contributed by atoms with E-state index in [9.17, 15) is 12.8 Å². The Morgan fingerprint density at radius 1 is 1.32 bits per heavy atom. The third-order valence-corrected chi connectivity index (χ3v) is 5.92. The molecule has 1 aromatic carbocycles. The molecule has 28 heavy (non-hydrogen) atoms. The standard InChI is InChI=1S/C18H31FN4O3S.HI/c1-5-16(26-17-10-7-9-15(19)13-17)14-22-18(20-3)21-11-8-12-23(4)27(24,25)6-2;/h7,9-10,13,16H,5-6,8,11-12,14H2,1-4H3,(H2,20,21,22);1H. The fourth-order valence-electron chi connectivity index (χ4n) is 2.30. The molecule has 0 spiro atoms. The van der Waals surface area contributed by atoms with Crippen LogP contribution in [-0.4, -0.2) is 64.3 Å². The van der Waals surface area contributed by atoms with Crippen LogP contribution < -0.4 is 15.4 Å². The van der Waals surface area contributed by atoms with Gasteiger partial charge in [0.05, 0.1) is 12.3 Å². The van der Waals surface area contributed by atoms with Crippen LogP contribution in [0.2, 0.25) is 0 Å². The Balaban J connectivity index is 0.00000729. The number of nitrogens with one attached hydrogen (secondary N) is 2. The van der Waals surface area contributed by atoms with Crippen molar-refractivity contribution in [2.75, 3.05) is 39.5 Å². The van der Waals surface area contributed by atoms with Crippen LogP contribution in [0.25, 0.3) is 0 Å². The summed E-state index contributed by atoms with van der Waals surface area (Å²) in [6.07, 6.45) is 1.28. The average Bonchev–Trinajstić information content (AvgIpc) is 2.66. The summed E-state index contributed by atoms with van der Waals surface area (Å²) in [6.45, 7) is 5.17. The van der Waals surface area contributed by atoms with Gasteiger partial charge in [0.1, 0.15) is 17.7 Å². The van der Waals surface area contributed by atoms with Crippen LogP contribution in [0.1, 0.15) is 26.7 Å². The second kappa shape index (κ2) is 13.9. The van der Waals surface area contributed by atoms with Crippen molar-refractivity contribution in [3.8, 4) is 5.75 Å². The summed E-state index contributed by atoms with van der Waals surface area (Å²) in [5.74, 6) is 0.871. The Bertz CT molecular complexity index is 704. The van der Waals surface area contributed by atoms with E-state index in [0.29, 0.717) is 37.8 Å². The molecule has 0 aliphatic heterocycles. The first-order valence-corrected chi connectivity index (χ1v) is 10.7. The van der Waals surface area contributed by atoms with Gasteiger partial charge in [0.15, 0.2) is 5.96 Å². The highest BCUT2D eigenvalue weighted by Crippen LogP contribution is 2.14. The molecule has 1 atom stereocenters. The summed E-state index contributed by atoms with van der Waals surface area (Å²) >= 11 is 0. The molecule has 162 valence electrons. The molecule has 1 unspecified atom stereocenters. The van der Waals surface area contributed by atoms with E-state index in [4.69, 9.17) is 4.74 Å². The van der Waals surface area contributed by atoms with Gasteiger partial charge >= 0.3 is 0 Å². The van der Waals surface area contributed by atoms with Gasteiger partial charge in [-0.1, -0.05) is 13.0 Å². The molecule has 1 aromatic rings. The Morgan fingerprint density at radius 2 is 2.04 bits per heavy atom. The smallest absolute Gasteiger partial charge is 0.213 e. The minimum Gasteiger partial charge on any atom is -0.489 e. The number of rotatable bonds is 11. The van der Waals surface area contributed by atoms with Crippen LogP contribution in [0, 0.1) is 5.82 Å². The van der Waals surface area contributed by atoms with Crippen molar-refractivity contribution in [1.29, 1.82) is 0 Å². The van der Waals surface area contributed by atoms with E-state index in [0.717, 1.165) is 6.42 Å². The Hall–Kier alpha value is -1.14. The quantitative estimate of drug-likeness (QED) is 0.199. The van der Waals surface area contributed by atoms with Gasteiger partial charge in [-0.3, -0.25) is 4.99 Å². The van der Waals surface area contributed by atoms with Crippen molar-refractivity contribution < 1.29 is 17.5 Å². The SMILES string of the molecule is CCC(CNC(=NC)NCCCN(C)S(=O)(=O)CC)Oc1cccc(F)c1.I. The van der Waals surface area contributed by atoms with Crippen molar-refractivity contribution in [2.45, 2.75) is 32.8 Å². The summed E-state index contributed by atoms with van der Waals surface area (Å²) in [5, 5.41) is 6.32. The van der Waals surface area contributed by atoms with Crippen molar-refractivity contribution in [3.63, 3.8) is 0 Å². The number of halogens is 2. The number of guanidine groups is 1. The van der Waals surface area contributed by atoms with Crippen molar-refractivity contribution in [1.82, 2.24) is 14.9 Å². The Kier molecular flexibility index (Phi) is 13.4. The van der Waals surface area contributed by atoms with Gasteiger partial charge in [0.2, 0.25) is 10.0 Å². The number of benzene rings is 1. The molecule has 7 nitrogen and oxygen atoms in total. The predicted molar refractivity (Wildman–Crippen MR) is 123 cm³/mol. The van der Waals surface area contributed by atoms with Crippen molar-refractivity contribution in [2.24, 2.45) is 4.99 Å². The summed E-state index contributed by atoms with van der Waals surface area (Å²) in [6, 6.07) is 6.07. The molecule has 2 N–H and O–H groups in total. The molecule has 0 saturated carbocycles. The van der Waals surface area contributed by atoms with E-state index in [2.05, 4.69) is 15.6 Å². The first-order valence-electron chi connectivity index (χ1n) is 9.13. The summed E-state index contributed by atoms with van der Waals surface area (Å²) in [7, 11) is 0.103. The van der Waals surface area contributed by atoms with Crippen LogP contribution in [0.15, 0.2) is 29.3 Å². The number of ether oxygens (including phenoxy) is 1. The zero-order chi connectivity index (χ0) is 20.3. The highest BCUT2D eigenvalue weighted by atomic mass is 127. The fourth-order valence-corrected chi connectivity index (χ4v) is 3.15. The first kappa shape index (κ1) is 26.9. The number of sulfonamides is 1. The average molecular weight is 530 g/mol. The lowest BCUT2D eigenvalue weighted by Gasteiger charge is -2.20. The number of hydrogen-bond donors (Lipinski definition) is 2. The molecule has 0 aromatic heterocycles.